The largest absolute Gasteiger partial charge is 0.378 e. The van der Waals surface area contributed by atoms with Crippen LogP contribution >= 0.6 is 0 Å². The van der Waals surface area contributed by atoms with E-state index in [0.29, 0.717) is 11.7 Å². The Kier molecular flexibility index (Phi) is 6.14. The van der Waals surface area contributed by atoms with Crippen molar-refractivity contribution in [2.45, 2.75) is 0 Å². The summed E-state index contributed by atoms with van der Waals surface area (Å²) in [6.07, 6.45) is 1.90. The number of hydrogen-bond acceptors (Lipinski definition) is 4. The predicted octanol–water partition coefficient (Wildman–Crippen LogP) is 6.33. The van der Waals surface area contributed by atoms with Gasteiger partial charge in [-0.3, -0.25) is 14.6 Å². The van der Waals surface area contributed by atoms with Crippen LogP contribution in [0.25, 0.3) is 6.08 Å². The fourth-order valence-electron chi connectivity index (χ4n) is 4.07. The number of amides is 1. The molecule has 1 aliphatic rings. The molecular formula is C30H26N4O. The van der Waals surface area contributed by atoms with Crippen LogP contribution in [0.4, 0.5) is 22.7 Å². The number of hydrogen-bond donors (Lipinski definition) is 0. The van der Waals surface area contributed by atoms with E-state index in [9.17, 15) is 4.79 Å². The van der Waals surface area contributed by atoms with Gasteiger partial charge in [-0.1, -0.05) is 66.7 Å². The number of rotatable bonds is 5. The molecule has 35 heavy (non-hydrogen) atoms. The molecule has 1 aliphatic heterocycles. The second kappa shape index (κ2) is 9.69. The summed E-state index contributed by atoms with van der Waals surface area (Å²) in [6.45, 7) is 0. The van der Waals surface area contributed by atoms with E-state index < -0.39 is 0 Å². The molecular weight excluding hydrogens is 432 g/mol. The lowest BCUT2D eigenvalue weighted by Crippen LogP contribution is -2.39. The van der Waals surface area contributed by atoms with Crippen LogP contribution in [-0.4, -0.2) is 26.0 Å². The predicted molar refractivity (Wildman–Crippen MR) is 145 cm³/mol. The molecule has 0 spiro atoms. The highest BCUT2D eigenvalue weighted by molar-refractivity contribution is 6.28. The monoisotopic (exact) mass is 458 g/mol. The Hall–Kier alpha value is -4.64. The zero-order chi connectivity index (χ0) is 24.2. The molecule has 4 aromatic carbocycles. The standard InChI is InChI=1S/C30H26N4O/c1-32(2)24-20-18-23(19-21-24)22-28-29(35)31-30(34(28)27-16-10-5-11-17-27)33(25-12-6-3-7-13-25)26-14-8-4-9-15-26/h3-22H,1-2H3. The first-order valence-electron chi connectivity index (χ1n) is 11.5. The third kappa shape index (κ3) is 4.57. The maximum absolute atomic E-state index is 13.4. The molecule has 0 bridgehead atoms. The smallest absolute Gasteiger partial charge is 0.297 e. The van der Waals surface area contributed by atoms with E-state index in [1.807, 2.05) is 150 Å². The first-order chi connectivity index (χ1) is 17.1. The number of carbonyl (C=O) groups is 1. The molecule has 0 saturated heterocycles. The fraction of sp³-hybridized carbons (Fsp3) is 0.0667. The molecule has 0 radical (unpaired) electrons. The van der Waals surface area contributed by atoms with E-state index in [1.54, 1.807) is 0 Å². The van der Waals surface area contributed by atoms with E-state index >= 15 is 0 Å². The maximum Gasteiger partial charge on any atom is 0.297 e. The Labute approximate surface area is 205 Å². The molecule has 5 rings (SSSR count). The van der Waals surface area contributed by atoms with Crippen molar-refractivity contribution in [2.24, 2.45) is 4.99 Å². The van der Waals surface area contributed by atoms with Crippen LogP contribution in [0.5, 0.6) is 0 Å². The Balaban J connectivity index is 1.65. The van der Waals surface area contributed by atoms with Gasteiger partial charge in [0.05, 0.1) is 0 Å². The number of anilines is 4. The third-order valence-electron chi connectivity index (χ3n) is 5.82. The van der Waals surface area contributed by atoms with Gasteiger partial charge in [-0.25, -0.2) is 0 Å². The van der Waals surface area contributed by atoms with Crippen molar-refractivity contribution in [3.8, 4) is 0 Å². The average molecular weight is 459 g/mol. The number of aliphatic imine (C=N–C) groups is 1. The Morgan fingerprint density at radius 1 is 0.657 bits per heavy atom. The number of benzene rings is 4. The second-order valence-electron chi connectivity index (χ2n) is 8.41. The first-order valence-corrected chi connectivity index (χ1v) is 11.5. The van der Waals surface area contributed by atoms with Gasteiger partial charge in [0, 0.05) is 36.8 Å². The van der Waals surface area contributed by atoms with Gasteiger partial charge < -0.3 is 4.90 Å². The summed E-state index contributed by atoms with van der Waals surface area (Å²) in [5.74, 6) is 0.257. The summed E-state index contributed by atoms with van der Waals surface area (Å²) in [6, 6.07) is 38.0. The van der Waals surface area contributed by atoms with Crippen molar-refractivity contribution in [1.82, 2.24) is 0 Å². The molecule has 0 fully saturated rings. The molecule has 4 aromatic rings. The fourth-order valence-corrected chi connectivity index (χ4v) is 4.07. The summed E-state index contributed by atoms with van der Waals surface area (Å²) in [5.41, 5.74) is 5.24. The summed E-state index contributed by atoms with van der Waals surface area (Å²) < 4.78 is 0. The second-order valence-corrected chi connectivity index (χ2v) is 8.41. The SMILES string of the molecule is CN(C)c1ccc(C=C2C(=O)N=C(N(c3ccccc3)c3ccccc3)N2c2ccccc2)cc1. The van der Waals surface area contributed by atoms with Crippen LogP contribution in [0.15, 0.2) is 126 Å². The van der Waals surface area contributed by atoms with Crippen molar-refractivity contribution in [3.63, 3.8) is 0 Å². The van der Waals surface area contributed by atoms with Crippen LogP contribution < -0.4 is 14.7 Å². The van der Waals surface area contributed by atoms with Crippen molar-refractivity contribution in [2.75, 3.05) is 28.8 Å². The minimum absolute atomic E-state index is 0.280. The normalized spacial score (nSPS) is 14.2. The van der Waals surface area contributed by atoms with Gasteiger partial charge in [-0.05, 0) is 60.2 Å². The first kappa shape index (κ1) is 22.2. The molecule has 5 heteroatoms. The van der Waals surface area contributed by atoms with Gasteiger partial charge in [-0.15, -0.1) is 0 Å². The van der Waals surface area contributed by atoms with Crippen molar-refractivity contribution < 1.29 is 4.79 Å². The zero-order valence-electron chi connectivity index (χ0n) is 19.7. The Morgan fingerprint density at radius 3 is 1.69 bits per heavy atom. The maximum atomic E-state index is 13.4. The van der Waals surface area contributed by atoms with Gasteiger partial charge in [0.1, 0.15) is 5.70 Å². The minimum Gasteiger partial charge on any atom is -0.378 e. The molecule has 0 unspecified atom stereocenters. The highest BCUT2D eigenvalue weighted by Gasteiger charge is 2.35. The third-order valence-corrected chi connectivity index (χ3v) is 5.82. The van der Waals surface area contributed by atoms with Crippen LogP contribution in [0.1, 0.15) is 5.56 Å². The van der Waals surface area contributed by atoms with E-state index in [0.717, 1.165) is 28.3 Å². The Morgan fingerprint density at radius 2 is 1.17 bits per heavy atom. The van der Waals surface area contributed by atoms with Gasteiger partial charge in [-0.2, -0.15) is 4.99 Å². The lowest BCUT2D eigenvalue weighted by atomic mass is 10.1. The van der Waals surface area contributed by atoms with E-state index in [2.05, 4.69) is 4.99 Å². The molecule has 0 aliphatic carbocycles. The quantitative estimate of drug-likeness (QED) is 0.328. The van der Waals surface area contributed by atoms with Crippen LogP contribution in [0.3, 0.4) is 0 Å². The van der Waals surface area contributed by atoms with Crippen molar-refractivity contribution in [1.29, 1.82) is 0 Å². The van der Waals surface area contributed by atoms with Crippen LogP contribution in [0, 0.1) is 0 Å². The molecule has 0 N–H and O–H groups in total. The zero-order valence-corrected chi connectivity index (χ0v) is 19.7. The van der Waals surface area contributed by atoms with Crippen molar-refractivity contribution in [3.05, 3.63) is 127 Å². The number of para-hydroxylation sites is 3. The molecule has 5 nitrogen and oxygen atoms in total. The lowest BCUT2D eigenvalue weighted by molar-refractivity contribution is -0.113. The summed E-state index contributed by atoms with van der Waals surface area (Å²) in [4.78, 5) is 24.0. The molecule has 0 saturated carbocycles. The molecule has 1 amide bonds. The van der Waals surface area contributed by atoms with E-state index in [4.69, 9.17) is 0 Å². The molecule has 172 valence electrons. The van der Waals surface area contributed by atoms with Crippen LogP contribution in [-0.2, 0) is 4.79 Å². The number of guanidine groups is 1. The molecule has 0 aromatic heterocycles. The molecule has 1 heterocycles. The number of nitrogens with zero attached hydrogens (tertiary/aromatic N) is 4. The van der Waals surface area contributed by atoms with Gasteiger partial charge in [0.25, 0.3) is 5.91 Å². The highest BCUT2D eigenvalue weighted by atomic mass is 16.2. The minimum atomic E-state index is -0.280. The summed E-state index contributed by atoms with van der Waals surface area (Å²) >= 11 is 0. The highest BCUT2D eigenvalue weighted by Crippen LogP contribution is 2.34. The van der Waals surface area contributed by atoms with Gasteiger partial charge >= 0.3 is 0 Å². The topological polar surface area (TPSA) is 39.2 Å². The van der Waals surface area contributed by atoms with Gasteiger partial charge in [0.2, 0.25) is 5.96 Å². The van der Waals surface area contributed by atoms with Gasteiger partial charge in [0.15, 0.2) is 0 Å². The van der Waals surface area contributed by atoms with Crippen LogP contribution in [0.2, 0.25) is 0 Å². The lowest BCUT2D eigenvalue weighted by Gasteiger charge is -2.31. The average Bonchev–Trinajstić information content (AvgIpc) is 3.21. The van der Waals surface area contributed by atoms with E-state index in [1.165, 1.54) is 0 Å². The van der Waals surface area contributed by atoms with E-state index in [-0.39, 0.29) is 5.91 Å². The molecule has 0 atom stereocenters. The summed E-state index contributed by atoms with van der Waals surface area (Å²) in [7, 11) is 4.01. The Bertz CT molecular complexity index is 1320. The number of carbonyl (C=O) groups excluding carboxylic acids is 1. The van der Waals surface area contributed by atoms with Crippen molar-refractivity contribution >= 4 is 40.7 Å². The summed E-state index contributed by atoms with van der Waals surface area (Å²) in [5, 5.41) is 0.